The van der Waals surface area contributed by atoms with Gasteiger partial charge in [-0.1, -0.05) is 24.3 Å². The van der Waals surface area contributed by atoms with Gasteiger partial charge >= 0.3 is 0 Å². The van der Waals surface area contributed by atoms with E-state index >= 15 is 0 Å². The summed E-state index contributed by atoms with van der Waals surface area (Å²) in [5, 5.41) is 3.38. The zero-order valence-electron chi connectivity index (χ0n) is 10.3. The van der Waals surface area contributed by atoms with E-state index in [9.17, 15) is 0 Å². The Bertz CT molecular complexity index is 477. The normalized spacial score (nSPS) is 10.5. The molecule has 0 saturated heterocycles. The molecule has 3 heteroatoms. The van der Waals surface area contributed by atoms with E-state index in [4.69, 9.17) is 0 Å². The maximum absolute atomic E-state index is 4.31. The second-order valence-electron chi connectivity index (χ2n) is 4.18. The largest absolute Gasteiger partial charge is 0.307 e. The summed E-state index contributed by atoms with van der Waals surface area (Å²) >= 11 is 0. The molecule has 0 bridgehead atoms. The topological polar surface area (TPSA) is 37.8 Å². The monoisotopic (exact) mass is 227 g/mol. The average Bonchev–Trinajstić information content (AvgIpc) is 2.34. The van der Waals surface area contributed by atoms with Gasteiger partial charge in [0.05, 0.1) is 11.4 Å². The second kappa shape index (κ2) is 5.55. The fraction of sp³-hybridized carbons (Fsp3) is 0.286. The molecule has 0 atom stereocenters. The predicted octanol–water partition coefficient (Wildman–Crippen LogP) is 2.38. The standard InChI is InChI=1S/C14H17N3/c1-11-5-3-4-6-13(11)8-15-9-14-10-16-12(2)7-17-14/h3-7,10,15H,8-9H2,1-2H3. The van der Waals surface area contributed by atoms with E-state index in [-0.39, 0.29) is 0 Å². The van der Waals surface area contributed by atoms with Gasteiger partial charge in [-0.2, -0.15) is 0 Å². The van der Waals surface area contributed by atoms with Crippen LogP contribution in [0, 0.1) is 13.8 Å². The third-order valence-corrected chi connectivity index (χ3v) is 2.72. The lowest BCUT2D eigenvalue weighted by Gasteiger charge is -2.07. The molecule has 3 nitrogen and oxygen atoms in total. The molecule has 0 spiro atoms. The SMILES string of the molecule is Cc1cnc(CNCc2ccccc2C)cn1. The molecule has 1 aromatic carbocycles. The number of hydrogen-bond donors (Lipinski definition) is 1. The molecule has 88 valence electrons. The quantitative estimate of drug-likeness (QED) is 0.871. The molecule has 0 saturated carbocycles. The summed E-state index contributed by atoms with van der Waals surface area (Å²) in [4.78, 5) is 8.53. The fourth-order valence-corrected chi connectivity index (χ4v) is 1.64. The minimum atomic E-state index is 0.752. The van der Waals surface area contributed by atoms with Crippen molar-refractivity contribution >= 4 is 0 Å². The van der Waals surface area contributed by atoms with Crippen LogP contribution in [0.5, 0.6) is 0 Å². The van der Waals surface area contributed by atoms with Gasteiger partial charge in [-0.15, -0.1) is 0 Å². The maximum atomic E-state index is 4.31. The summed E-state index contributed by atoms with van der Waals surface area (Å²) in [5.41, 5.74) is 4.57. The molecule has 0 fully saturated rings. The van der Waals surface area contributed by atoms with Crippen LogP contribution in [0.15, 0.2) is 36.7 Å². The van der Waals surface area contributed by atoms with Crippen LogP contribution in [0.3, 0.4) is 0 Å². The van der Waals surface area contributed by atoms with Gasteiger partial charge in [0, 0.05) is 25.5 Å². The summed E-state index contributed by atoms with van der Waals surface area (Å²) in [5.74, 6) is 0. The van der Waals surface area contributed by atoms with Crippen LogP contribution in [-0.4, -0.2) is 9.97 Å². The first-order valence-corrected chi connectivity index (χ1v) is 5.78. The molecular formula is C14H17N3. The van der Waals surface area contributed by atoms with Crippen molar-refractivity contribution in [2.24, 2.45) is 0 Å². The number of aryl methyl sites for hydroxylation is 2. The first-order valence-electron chi connectivity index (χ1n) is 5.78. The van der Waals surface area contributed by atoms with Gasteiger partial charge in [-0.25, -0.2) is 0 Å². The lowest BCUT2D eigenvalue weighted by Crippen LogP contribution is -2.14. The van der Waals surface area contributed by atoms with Gasteiger partial charge in [0.25, 0.3) is 0 Å². The van der Waals surface area contributed by atoms with E-state index in [2.05, 4.69) is 46.5 Å². The zero-order valence-corrected chi connectivity index (χ0v) is 10.3. The van der Waals surface area contributed by atoms with Crippen molar-refractivity contribution in [3.63, 3.8) is 0 Å². The Kier molecular flexibility index (Phi) is 3.83. The summed E-state index contributed by atoms with van der Waals surface area (Å²) in [6.45, 7) is 5.68. The number of hydrogen-bond acceptors (Lipinski definition) is 3. The van der Waals surface area contributed by atoms with Crippen LogP contribution in [0.1, 0.15) is 22.5 Å². The molecule has 2 rings (SSSR count). The van der Waals surface area contributed by atoms with Crippen molar-refractivity contribution < 1.29 is 0 Å². The lowest BCUT2D eigenvalue weighted by atomic mass is 10.1. The Morgan fingerprint density at radius 2 is 1.82 bits per heavy atom. The summed E-state index contributed by atoms with van der Waals surface area (Å²) < 4.78 is 0. The van der Waals surface area contributed by atoms with Gasteiger partial charge in [0.1, 0.15) is 0 Å². The van der Waals surface area contributed by atoms with Crippen molar-refractivity contribution in [2.45, 2.75) is 26.9 Å². The number of aromatic nitrogens is 2. The molecule has 0 aliphatic heterocycles. The zero-order chi connectivity index (χ0) is 12.1. The molecule has 0 radical (unpaired) electrons. The summed E-state index contributed by atoms with van der Waals surface area (Å²) in [7, 11) is 0. The van der Waals surface area contributed by atoms with Gasteiger partial charge in [-0.05, 0) is 25.0 Å². The Balaban J connectivity index is 1.88. The van der Waals surface area contributed by atoms with Crippen LogP contribution < -0.4 is 5.32 Å². The molecule has 17 heavy (non-hydrogen) atoms. The average molecular weight is 227 g/mol. The maximum Gasteiger partial charge on any atom is 0.0724 e. The van der Waals surface area contributed by atoms with Crippen molar-refractivity contribution in [1.29, 1.82) is 0 Å². The predicted molar refractivity (Wildman–Crippen MR) is 68.5 cm³/mol. The van der Waals surface area contributed by atoms with Crippen LogP contribution in [0.4, 0.5) is 0 Å². The molecule has 0 aliphatic carbocycles. The molecule has 0 amide bonds. The van der Waals surface area contributed by atoms with E-state index in [1.165, 1.54) is 11.1 Å². The number of benzene rings is 1. The second-order valence-corrected chi connectivity index (χ2v) is 4.18. The van der Waals surface area contributed by atoms with Gasteiger partial charge < -0.3 is 5.32 Å². The Morgan fingerprint density at radius 3 is 2.53 bits per heavy atom. The van der Waals surface area contributed by atoms with E-state index < -0.39 is 0 Å². The Morgan fingerprint density at radius 1 is 1.00 bits per heavy atom. The first kappa shape index (κ1) is 11.7. The van der Waals surface area contributed by atoms with Crippen molar-refractivity contribution in [3.8, 4) is 0 Å². The summed E-state index contributed by atoms with van der Waals surface area (Å²) in [6.07, 6.45) is 3.62. The van der Waals surface area contributed by atoms with E-state index in [0.29, 0.717) is 0 Å². The molecule has 2 aromatic rings. The molecule has 1 heterocycles. The highest BCUT2D eigenvalue weighted by Crippen LogP contribution is 2.06. The highest BCUT2D eigenvalue weighted by molar-refractivity contribution is 5.25. The van der Waals surface area contributed by atoms with Crippen molar-refractivity contribution in [1.82, 2.24) is 15.3 Å². The summed E-state index contributed by atoms with van der Waals surface area (Å²) in [6, 6.07) is 8.39. The lowest BCUT2D eigenvalue weighted by molar-refractivity contribution is 0.673. The molecular weight excluding hydrogens is 210 g/mol. The number of nitrogens with zero attached hydrogens (tertiary/aromatic N) is 2. The van der Waals surface area contributed by atoms with Crippen LogP contribution in [0.25, 0.3) is 0 Å². The number of nitrogens with one attached hydrogen (secondary N) is 1. The van der Waals surface area contributed by atoms with E-state index in [0.717, 1.165) is 24.5 Å². The fourth-order valence-electron chi connectivity index (χ4n) is 1.64. The Labute approximate surface area is 102 Å². The highest BCUT2D eigenvalue weighted by atomic mass is 14.9. The Hall–Kier alpha value is -1.74. The van der Waals surface area contributed by atoms with E-state index in [1.54, 1.807) is 6.20 Å². The van der Waals surface area contributed by atoms with Crippen molar-refractivity contribution in [3.05, 3.63) is 59.2 Å². The first-order chi connectivity index (χ1) is 8.25. The molecule has 1 aromatic heterocycles. The smallest absolute Gasteiger partial charge is 0.0724 e. The van der Waals surface area contributed by atoms with Crippen LogP contribution in [0.2, 0.25) is 0 Å². The third-order valence-electron chi connectivity index (χ3n) is 2.72. The molecule has 0 unspecified atom stereocenters. The van der Waals surface area contributed by atoms with Crippen LogP contribution in [-0.2, 0) is 13.1 Å². The van der Waals surface area contributed by atoms with Crippen LogP contribution >= 0.6 is 0 Å². The number of rotatable bonds is 4. The van der Waals surface area contributed by atoms with Gasteiger partial charge in [-0.3, -0.25) is 9.97 Å². The highest BCUT2D eigenvalue weighted by Gasteiger charge is 1.98. The van der Waals surface area contributed by atoms with E-state index in [1.807, 2.05) is 13.1 Å². The third kappa shape index (κ3) is 3.36. The molecule has 1 N–H and O–H groups in total. The molecule has 0 aliphatic rings. The minimum absolute atomic E-state index is 0.752. The van der Waals surface area contributed by atoms with Gasteiger partial charge in [0.15, 0.2) is 0 Å². The minimum Gasteiger partial charge on any atom is -0.307 e. The van der Waals surface area contributed by atoms with Gasteiger partial charge in [0.2, 0.25) is 0 Å². The van der Waals surface area contributed by atoms with Crippen molar-refractivity contribution in [2.75, 3.05) is 0 Å².